The van der Waals surface area contributed by atoms with Crippen molar-refractivity contribution in [2.75, 3.05) is 14.7 Å². The van der Waals surface area contributed by atoms with Crippen molar-refractivity contribution in [3.8, 4) is 56.0 Å². The third-order valence-electron chi connectivity index (χ3n) is 16.0. The van der Waals surface area contributed by atoms with Gasteiger partial charge < -0.3 is 19.4 Å². The molecule has 7 heteroatoms. The van der Waals surface area contributed by atoms with Gasteiger partial charge in [0.2, 0.25) is 0 Å². The standard InChI is InChI=1S/C75H61N4OSi.Pt/c1-50-42-71(76-48-64(50)52-26-13-9-14-27-52)79-67-38-23-35-63-62-32-17-20-39-69(62)81(73(63)67,59-30-15-10-16-31-59)70-41-40-58(47-68(70)79)80-57-29-21-28-56(46-57)77-49-78(66-37-19-18-36-65(66)77)72-60(51-24-11-8-12-25-51)33-22-34-61(72)53-43-54(74(2,3)4)45-55(44-53)75(5,6)7;/h8-45,48-49H,1-7H3;/q-3;/i8D,9D,11D,12D,13D,14D,24D,25D,26D,27D;. The number of aryl methyl sites for hydroxylation is 1. The molecule has 1 atom stereocenters. The van der Waals surface area contributed by atoms with Crippen LogP contribution in [0.25, 0.3) is 44.5 Å². The second-order valence-corrected chi connectivity index (χ2v) is 26.6. The molecule has 1 aromatic heterocycles. The number of anilines is 7. The molecule has 0 saturated carbocycles. The van der Waals surface area contributed by atoms with Crippen LogP contribution in [0.15, 0.2) is 236 Å². The first-order valence-electron chi connectivity index (χ1n) is 32.3. The third-order valence-corrected chi connectivity index (χ3v) is 20.9. The summed E-state index contributed by atoms with van der Waals surface area (Å²) in [5.41, 5.74) is 12.1. The van der Waals surface area contributed by atoms with Gasteiger partial charge in [-0.15, -0.1) is 47.9 Å². The van der Waals surface area contributed by atoms with E-state index in [9.17, 15) is 2.74 Å². The first-order valence-corrected chi connectivity index (χ1v) is 29.3. The molecule has 0 bridgehead atoms. The summed E-state index contributed by atoms with van der Waals surface area (Å²) in [5.74, 6) is 1.34. The van der Waals surface area contributed by atoms with E-state index in [1.807, 2.05) is 97.4 Å². The fourth-order valence-corrected chi connectivity index (χ4v) is 17.6. The molecule has 0 radical (unpaired) electrons. The van der Waals surface area contributed by atoms with E-state index in [1.165, 1.54) is 15.6 Å². The fourth-order valence-electron chi connectivity index (χ4n) is 12.1. The van der Waals surface area contributed by atoms with Crippen LogP contribution in [-0.4, -0.2) is 13.1 Å². The molecular formula is C75H61N4OPtSi-3. The van der Waals surface area contributed by atoms with Crippen molar-refractivity contribution >= 4 is 68.8 Å². The van der Waals surface area contributed by atoms with Gasteiger partial charge in [-0.25, -0.2) is 4.98 Å². The maximum atomic E-state index is 9.33. The predicted molar refractivity (Wildman–Crippen MR) is 339 cm³/mol. The van der Waals surface area contributed by atoms with Crippen molar-refractivity contribution < 1.29 is 39.5 Å². The quantitative estimate of drug-likeness (QED) is 0.106. The van der Waals surface area contributed by atoms with Gasteiger partial charge >= 0.3 is 0 Å². The molecule has 404 valence electrons. The van der Waals surface area contributed by atoms with Crippen molar-refractivity contribution in [3.63, 3.8) is 0 Å². The Hall–Kier alpha value is -8.54. The van der Waals surface area contributed by atoms with Gasteiger partial charge in [0, 0.05) is 78.2 Å². The smallest absolute Gasteiger partial charge is 0.135 e. The zero-order chi connectivity index (χ0) is 63.9. The molecule has 0 N–H and O–H groups in total. The summed E-state index contributed by atoms with van der Waals surface area (Å²) in [7, 11) is -3.12. The average Bonchev–Trinajstić information content (AvgIpc) is 1.46. The first-order chi connectivity index (χ1) is 43.5. The molecule has 0 amide bonds. The van der Waals surface area contributed by atoms with Gasteiger partial charge in [-0.05, 0) is 96.9 Å². The van der Waals surface area contributed by atoms with Crippen LogP contribution < -0.4 is 40.2 Å². The molecule has 14 rings (SSSR count). The number of pyridine rings is 1. The Balaban J connectivity index is 0.00000773. The minimum atomic E-state index is -3.12. The van der Waals surface area contributed by atoms with Crippen molar-refractivity contribution in [2.45, 2.75) is 59.3 Å². The Bertz CT molecular complexity index is 4790. The maximum absolute atomic E-state index is 9.33. The van der Waals surface area contributed by atoms with Crippen LogP contribution in [0.4, 0.5) is 39.9 Å². The third kappa shape index (κ3) is 8.74. The molecule has 3 aliphatic heterocycles. The van der Waals surface area contributed by atoms with Gasteiger partial charge in [0.05, 0.1) is 13.7 Å². The predicted octanol–water partition coefficient (Wildman–Crippen LogP) is 16.9. The number of para-hydroxylation sites is 3. The van der Waals surface area contributed by atoms with E-state index >= 15 is 0 Å². The van der Waals surface area contributed by atoms with Crippen LogP contribution in [0.3, 0.4) is 0 Å². The van der Waals surface area contributed by atoms with Gasteiger partial charge in [0.1, 0.15) is 13.9 Å². The summed E-state index contributed by atoms with van der Waals surface area (Å²) in [6, 6.07) is 61.6. The molecule has 0 fully saturated rings. The molecule has 10 aromatic carbocycles. The second-order valence-electron chi connectivity index (χ2n) is 23.0. The number of ether oxygens (including phenoxy) is 1. The summed E-state index contributed by atoms with van der Waals surface area (Å²) in [6.45, 7) is 17.0. The zero-order valence-electron chi connectivity index (χ0n) is 56.3. The molecule has 0 saturated heterocycles. The SMILES string of the molecule is [2H]c1c([2H])c([2H])c(-c2cnc(N3c4[c-]c(Oc5[c-]c(N6[CH-]N(c7c(-c8cc(C(C)(C)C)cc(C(C)(C)C)c8)cccc7-c7c([2H])c([2H])c([2H])c([2H])c7[2H])c7ccccc76)ccc5)ccc4[Si]4(c5ccccc5)c5ccccc5-c5cccc3c54)cc2C)c([2H])c1[2H].[Pt]. The number of nitrogens with zero attached hydrogens (tertiary/aromatic N) is 4. The van der Waals surface area contributed by atoms with Crippen LogP contribution in [0.1, 0.15) is 71.9 Å². The Morgan fingerprint density at radius 2 is 1.09 bits per heavy atom. The Labute approximate surface area is 512 Å². The van der Waals surface area contributed by atoms with Crippen LogP contribution in [-0.2, 0) is 31.9 Å². The van der Waals surface area contributed by atoms with E-state index in [2.05, 4.69) is 154 Å². The van der Waals surface area contributed by atoms with Crippen molar-refractivity contribution in [1.29, 1.82) is 0 Å². The topological polar surface area (TPSA) is 31.8 Å². The van der Waals surface area contributed by atoms with E-state index in [0.29, 0.717) is 45.4 Å². The number of rotatable bonds is 9. The molecule has 5 nitrogen and oxygen atoms in total. The monoisotopic (exact) mass is 1270 g/mol. The van der Waals surface area contributed by atoms with Gasteiger partial charge in [-0.1, -0.05) is 228 Å². The molecule has 1 unspecified atom stereocenters. The second kappa shape index (κ2) is 20.5. The Morgan fingerprint density at radius 3 is 1.78 bits per heavy atom. The van der Waals surface area contributed by atoms with E-state index in [1.54, 1.807) is 6.20 Å². The van der Waals surface area contributed by atoms with Gasteiger partial charge in [-0.3, -0.25) is 0 Å². The van der Waals surface area contributed by atoms with Crippen molar-refractivity contribution in [1.82, 2.24) is 4.98 Å². The van der Waals surface area contributed by atoms with E-state index in [0.717, 1.165) is 61.3 Å². The average molecular weight is 1270 g/mol. The van der Waals surface area contributed by atoms with Crippen molar-refractivity contribution in [2.24, 2.45) is 0 Å². The Morgan fingerprint density at radius 1 is 0.512 bits per heavy atom. The summed E-state index contributed by atoms with van der Waals surface area (Å²) >= 11 is 0. The van der Waals surface area contributed by atoms with Crippen molar-refractivity contribution in [3.05, 3.63) is 272 Å². The Kier molecular flexibility index (Phi) is 10.6. The molecule has 3 aliphatic rings. The fraction of sp³-hybridized carbons (Fsp3) is 0.120. The van der Waals surface area contributed by atoms with Crippen LogP contribution in [0.2, 0.25) is 0 Å². The van der Waals surface area contributed by atoms with E-state index < -0.39 is 44.3 Å². The number of fused-ring (bicyclic) bond motifs is 6. The minimum absolute atomic E-state index is 0. The van der Waals surface area contributed by atoms with Crippen LogP contribution >= 0.6 is 0 Å². The molecule has 82 heavy (non-hydrogen) atoms. The largest absolute Gasteiger partial charge is 0.509 e. The van der Waals surface area contributed by atoms with Crippen LogP contribution in [0, 0.1) is 25.7 Å². The van der Waals surface area contributed by atoms with Gasteiger partial charge in [0.15, 0.2) is 0 Å². The summed E-state index contributed by atoms with van der Waals surface area (Å²) in [4.78, 5) is 11.3. The van der Waals surface area contributed by atoms with E-state index in [-0.39, 0.29) is 67.2 Å². The molecule has 0 spiro atoms. The van der Waals surface area contributed by atoms with Gasteiger partial charge in [-0.2, -0.15) is 12.1 Å². The normalized spacial score (nSPS) is 16.5. The molecule has 11 aromatic rings. The number of hydrogen-bond acceptors (Lipinski definition) is 5. The van der Waals surface area contributed by atoms with E-state index in [4.69, 9.17) is 20.7 Å². The van der Waals surface area contributed by atoms with Gasteiger partial charge in [0.25, 0.3) is 0 Å². The number of benzene rings is 10. The molecular weight excluding hydrogens is 1200 g/mol. The minimum Gasteiger partial charge on any atom is -0.509 e. The molecule has 0 aliphatic carbocycles. The van der Waals surface area contributed by atoms with Crippen LogP contribution in [0.5, 0.6) is 11.5 Å². The molecule has 4 heterocycles. The zero-order valence-corrected chi connectivity index (χ0v) is 49.6. The summed E-state index contributed by atoms with van der Waals surface area (Å²) in [5, 5.41) is 4.72. The maximum Gasteiger partial charge on any atom is 0.135 e. The summed E-state index contributed by atoms with van der Waals surface area (Å²) < 4.78 is 94.9. The first kappa shape index (κ1) is 42.3. The number of aromatic nitrogens is 1. The number of hydrogen-bond donors (Lipinski definition) is 0. The summed E-state index contributed by atoms with van der Waals surface area (Å²) in [6.07, 6.45) is 1.60.